The second kappa shape index (κ2) is 7.01. The summed E-state index contributed by atoms with van der Waals surface area (Å²) in [6.45, 7) is 4.11. The van der Waals surface area contributed by atoms with Crippen molar-refractivity contribution in [3.05, 3.63) is 54.9 Å². The Hall–Kier alpha value is -2.75. The second-order valence-electron chi connectivity index (χ2n) is 4.78. The van der Waals surface area contributed by atoms with Crippen molar-refractivity contribution in [3.8, 4) is 11.5 Å². The largest absolute Gasteiger partial charge is 0.435 e. The molecule has 0 radical (unpaired) electrons. The quantitative estimate of drug-likeness (QED) is 0.646. The van der Waals surface area contributed by atoms with Crippen molar-refractivity contribution in [1.29, 1.82) is 0 Å². The van der Waals surface area contributed by atoms with Gasteiger partial charge in [0.1, 0.15) is 10.7 Å². The van der Waals surface area contributed by atoms with Crippen LogP contribution in [0.4, 0.5) is 13.2 Å². The maximum atomic E-state index is 12.5. The summed E-state index contributed by atoms with van der Waals surface area (Å²) in [7, 11) is 0. The molecule has 3 aromatic heterocycles. The van der Waals surface area contributed by atoms with Crippen LogP contribution in [-0.4, -0.2) is 29.9 Å². The van der Waals surface area contributed by atoms with Gasteiger partial charge in [0.25, 0.3) is 0 Å². The zero-order valence-corrected chi connectivity index (χ0v) is 13.5. The van der Waals surface area contributed by atoms with Gasteiger partial charge in [-0.2, -0.15) is 13.2 Å². The van der Waals surface area contributed by atoms with Gasteiger partial charge in [-0.3, -0.25) is 9.55 Å². The number of hydrogen-bond donors (Lipinski definition) is 0. The fraction of sp³-hybridized carbons (Fsp3) is 0.133. The molecule has 3 rings (SSSR count). The molecule has 0 aromatic carbocycles. The molecule has 0 spiro atoms. The first-order chi connectivity index (χ1) is 12.0. The van der Waals surface area contributed by atoms with Gasteiger partial charge in [-0.05, 0) is 36.0 Å². The normalized spacial score (nSPS) is 11.5. The Morgan fingerprint density at radius 3 is 2.52 bits per heavy atom. The second-order valence-corrected chi connectivity index (χ2v) is 5.76. The fourth-order valence-electron chi connectivity index (χ4n) is 1.96. The number of rotatable bonds is 5. The molecule has 0 saturated heterocycles. The average molecular weight is 364 g/mol. The smallest absolute Gasteiger partial charge is 0.297 e. The molecular weight excluding hydrogens is 353 g/mol. The van der Waals surface area contributed by atoms with Gasteiger partial charge >= 0.3 is 6.18 Å². The Bertz CT molecular complexity index is 861. The summed E-state index contributed by atoms with van der Waals surface area (Å²) in [5, 5.41) is 15.7. The first-order valence-corrected chi connectivity index (χ1v) is 7.85. The molecule has 0 unspecified atom stereocenters. The third-order valence-corrected chi connectivity index (χ3v) is 3.96. The minimum atomic E-state index is -4.52. The molecule has 0 aliphatic rings. The monoisotopic (exact) mass is 364 g/mol. The number of hydrogen-bond acceptors (Lipinski definition) is 6. The molecule has 128 valence electrons. The molecule has 25 heavy (non-hydrogen) atoms. The minimum absolute atomic E-state index is 0.276. The van der Waals surface area contributed by atoms with Crippen molar-refractivity contribution in [2.75, 3.05) is 0 Å². The third-order valence-electron chi connectivity index (χ3n) is 3.05. The Kier molecular flexibility index (Phi) is 4.79. The van der Waals surface area contributed by atoms with Crippen LogP contribution in [0.25, 0.3) is 11.5 Å². The van der Waals surface area contributed by atoms with Crippen LogP contribution < -0.4 is 0 Å². The Labute approximate surface area is 144 Å². The molecule has 0 aliphatic carbocycles. The number of allylic oxidation sites excluding steroid dienone is 1. The summed E-state index contributed by atoms with van der Waals surface area (Å²) in [6.07, 6.45) is -1.22. The van der Waals surface area contributed by atoms with Gasteiger partial charge in [-0.15, -0.1) is 27.0 Å². The summed E-state index contributed by atoms with van der Waals surface area (Å²) < 4.78 is 39.4. The molecule has 0 bridgehead atoms. The van der Waals surface area contributed by atoms with E-state index in [2.05, 4.69) is 32.0 Å². The molecule has 0 aliphatic heterocycles. The van der Waals surface area contributed by atoms with Crippen LogP contribution >= 0.6 is 11.8 Å². The molecule has 0 fully saturated rings. The molecule has 3 aromatic rings. The lowest BCUT2D eigenvalue weighted by Crippen LogP contribution is -2.09. The summed E-state index contributed by atoms with van der Waals surface area (Å²) in [5.41, 5.74) is -0.416. The summed E-state index contributed by atoms with van der Waals surface area (Å²) >= 11 is 1.06. The zero-order valence-electron chi connectivity index (χ0n) is 12.7. The third kappa shape index (κ3) is 3.85. The number of nitrogens with zero attached hydrogens (tertiary/aromatic N) is 6. The average Bonchev–Trinajstić information content (AvgIpc) is 2.98. The highest BCUT2D eigenvalue weighted by molar-refractivity contribution is 7.99. The van der Waals surface area contributed by atoms with Gasteiger partial charge < -0.3 is 0 Å². The van der Waals surface area contributed by atoms with E-state index < -0.39 is 11.9 Å². The lowest BCUT2D eigenvalue weighted by Gasteiger charge is -2.07. The van der Waals surface area contributed by atoms with Gasteiger partial charge in [0.15, 0.2) is 16.7 Å². The van der Waals surface area contributed by atoms with Gasteiger partial charge in [0.05, 0.1) is 0 Å². The number of pyridine rings is 1. The first kappa shape index (κ1) is 17.1. The van der Waals surface area contributed by atoms with Crippen LogP contribution in [0.1, 0.15) is 5.69 Å². The number of halogens is 3. The fourth-order valence-corrected chi connectivity index (χ4v) is 2.72. The lowest BCUT2D eigenvalue weighted by molar-refractivity contribution is -0.141. The molecule has 0 N–H and O–H groups in total. The van der Waals surface area contributed by atoms with Crippen LogP contribution in [-0.2, 0) is 12.7 Å². The maximum absolute atomic E-state index is 12.5. The predicted molar refractivity (Wildman–Crippen MR) is 84.6 cm³/mol. The van der Waals surface area contributed by atoms with Crippen LogP contribution in [0.15, 0.2) is 59.4 Å². The van der Waals surface area contributed by atoms with E-state index in [1.165, 1.54) is 6.07 Å². The maximum Gasteiger partial charge on any atom is 0.435 e. The molecule has 0 amide bonds. The summed E-state index contributed by atoms with van der Waals surface area (Å²) in [5.74, 6) is 0.530. The molecule has 10 heteroatoms. The van der Waals surface area contributed by atoms with Crippen molar-refractivity contribution >= 4 is 11.8 Å². The molecule has 6 nitrogen and oxygen atoms in total. The summed E-state index contributed by atoms with van der Waals surface area (Å²) in [6, 6.07) is 7.52. The van der Waals surface area contributed by atoms with E-state index in [0.717, 1.165) is 17.8 Å². The highest BCUT2D eigenvalue weighted by Crippen LogP contribution is 2.30. The van der Waals surface area contributed by atoms with Gasteiger partial charge in [-0.25, -0.2) is 0 Å². The van der Waals surface area contributed by atoms with Gasteiger partial charge in [0, 0.05) is 12.7 Å². The van der Waals surface area contributed by atoms with Crippen LogP contribution in [0.3, 0.4) is 0 Å². The van der Waals surface area contributed by atoms with Crippen LogP contribution in [0, 0.1) is 0 Å². The van der Waals surface area contributed by atoms with E-state index in [-0.39, 0.29) is 5.03 Å². The zero-order chi connectivity index (χ0) is 17.9. The highest BCUT2D eigenvalue weighted by atomic mass is 32.2. The van der Waals surface area contributed by atoms with E-state index in [0.29, 0.717) is 23.2 Å². The Balaban J connectivity index is 1.90. The van der Waals surface area contributed by atoms with E-state index in [4.69, 9.17) is 0 Å². The van der Waals surface area contributed by atoms with E-state index in [1.54, 1.807) is 29.0 Å². The first-order valence-electron chi connectivity index (χ1n) is 7.03. The minimum Gasteiger partial charge on any atom is -0.297 e. The van der Waals surface area contributed by atoms with Gasteiger partial charge in [0.2, 0.25) is 0 Å². The predicted octanol–water partition coefficient (Wildman–Crippen LogP) is 3.49. The van der Waals surface area contributed by atoms with Crippen molar-refractivity contribution in [3.63, 3.8) is 0 Å². The lowest BCUT2D eigenvalue weighted by atomic mass is 10.3. The molecule has 3 heterocycles. The summed E-state index contributed by atoms with van der Waals surface area (Å²) in [4.78, 5) is 4.23. The van der Waals surface area contributed by atoms with Crippen molar-refractivity contribution in [1.82, 2.24) is 29.9 Å². The molecule has 0 saturated carbocycles. The van der Waals surface area contributed by atoms with E-state index >= 15 is 0 Å². The Morgan fingerprint density at radius 1 is 1.08 bits per heavy atom. The van der Waals surface area contributed by atoms with E-state index in [1.807, 2.05) is 6.07 Å². The van der Waals surface area contributed by atoms with Gasteiger partial charge in [-0.1, -0.05) is 12.1 Å². The molecule has 0 atom stereocenters. The Morgan fingerprint density at radius 2 is 1.92 bits per heavy atom. The number of alkyl halides is 3. The number of aromatic nitrogens is 6. The van der Waals surface area contributed by atoms with Crippen molar-refractivity contribution in [2.45, 2.75) is 22.9 Å². The topological polar surface area (TPSA) is 69.4 Å². The SMILES string of the molecule is C=CCn1c(Sc2ccc(C(F)(F)F)nn2)nnc1-c1ccccn1. The standard InChI is InChI=1S/C15H11F3N6S/c1-2-9-24-13(10-5-3-4-8-19-10)22-23-14(24)25-12-7-6-11(20-21-12)15(16,17)18/h2-8H,1,9H2. The van der Waals surface area contributed by atoms with Crippen molar-refractivity contribution in [2.24, 2.45) is 0 Å². The highest BCUT2D eigenvalue weighted by Gasteiger charge is 2.33. The van der Waals surface area contributed by atoms with Crippen molar-refractivity contribution < 1.29 is 13.2 Å². The van der Waals surface area contributed by atoms with E-state index in [9.17, 15) is 13.2 Å². The van der Waals surface area contributed by atoms with Crippen LogP contribution in [0.2, 0.25) is 0 Å². The van der Waals surface area contributed by atoms with Crippen LogP contribution in [0.5, 0.6) is 0 Å². The molecular formula is C15H11F3N6S.